The van der Waals surface area contributed by atoms with Crippen LogP contribution in [0.1, 0.15) is 26.7 Å². The highest BCUT2D eigenvalue weighted by Gasteiger charge is 2.50. The Morgan fingerprint density at radius 3 is 2.14 bits per heavy atom. The fraction of sp³-hybridized carbons (Fsp3) is 0.800. The molecule has 0 aliphatic heterocycles. The van der Waals surface area contributed by atoms with E-state index in [1.807, 2.05) is 13.8 Å². The minimum atomic E-state index is -0.818. The van der Waals surface area contributed by atoms with E-state index in [4.69, 9.17) is 5.11 Å². The summed E-state index contributed by atoms with van der Waals surface area (Å²) in [6.45, 7) is 3.64. The van der Waals surface area contributed by atoms with Crippen molar-refractivity contribution >= 4 is 11.9 Å². The van der Waals surface area contributed by atoms with Gasteiger partial charge in [0.05, 0.1) is 18.9 Å². The van der Waals surface area contributed by atoms with Gasteiger partial charge >= 0.3 is 11.9 Å². The zero-order valence-corrected chi connectivity index (χ0v) is 8.74. The molecule has 0 aromatic carbocycles. The van der Waals surface area contributed by atoms with Gasteiger partial charge in [0.25, 0.3) is 0 Å². The van der Waals surface area contributed by atoms with Gasteiger partial charge in [-0.3, -0.25) is 9.59 Å². The Hall–Kier alpha value is -1.06. The number of hydrogen-bond acceptors (Lipinski definition) is 3. The molecule has 1 aliphatic carbocycles. The number of carbonyl (C=O) groups excluding carboxylic acids is 1. The summed E-state index contributed by atoms with van der Waals surface area (Å²) in [6, 6.07) is 0. The molecule has 1 rings (SSSR count). The lowest BCUT2D eigenvalue weighted by molar-refractivity contribution is -0.152. The Morgan fingerprint density at radius 1 is 1.29 bits per heavy atom. The minimum absolute atomic E-state index is 0.284. The molecule has 4 nitrogen and oxygen atoms in total. The van der Waals surface area contributed by atoms with Gasteiger partial charge in [0, 0.05) is 0 Å². The molecule has 0 radical (unpaired) electrons. The molecule has 80 valence electrons. The summed E-state index contributed by atoms with van der Waals surface area (Å²) in [6.07, 6.45) is 1.17. The van der Waals surface area contributed by atoms with Crippen LogP contribution in [-0.2, 0) is 14.3 Å². The molecule has 14 heavy (non-hydrogen) atoms. The molecule has 1 fully saturated rings. The summed E-state index contributed by atoms with van der Waals surface area (Å²) in [4.78, 5) is 22.3. The van der Waals surface area contributed by atoms with Gasteiger partial charge < -0.3 is 9.84 Å². The van der Waals surface area contributed by atoms with Gasteiger partial charge in [0.15, 0.2) is 0 Å². The number of rotatable bonds is 2. The zero-order valence-electron chi connectivity index (χ0n) is 8.74. The third-order valence-corrected chi connectivity index (χ3v) is 3.32. The number of methoxy groups -OCH3 is 1. The molecule has 0 saturated heterocycles. The SMILES string of the molecule is COC(=O)[C@@H]1CC[C@@H](C(=O)O)C1(C)C. The maximum absolute atomic E-state index is 11.4. The second-order valence-electron chi connectivity index (χ2n) is 4.37. The van der Waals surface area contributed by atoms with Gasteiger partial charge in [-0.2, -0.15) is 0 Å². The van der Waals surface area contributed by atoms with E-state index in [0.717, 1.165) is 0 Å². The topological polar surface area (TPSA) is 63.6 Å². The lowest BCUT2D eigenvalue weighted by atomic mass is 9.75. The fourth-order valence-corrected chi connectivity index (χ4v) is 2.33. The van der Waals surface area contributed by atoms with E-state index in [-0.39, 0.29) is 11.9 Å². The first-order chi connectivity index (χ1) is 6.41. The molecule has 0 aromatic rings. The molecular weight excluding hydrogens is 184 g/mol. The average molecular weight is 200 g/mol. The molecule has 2 atom stereocenters. The summed E-state index contributed by atoms with van der Waals surface area (Å²) in [7, 11) is 1.34. The van der Waals surface area contributed by atoms with Gasteiger partial charge in [-0.25, -0.2) is 0 Å². The molecule has 0 bridgehead atoms. The van der Waals surface area contributed by atoms with E-state index in [1.165, 1.54) is 7.11 Å². The van der Waals surface area contributed by atoms with E-state index in [0.29, 0.717) is 12.8 Å². The molecule has 1 aliphatic rings. The molecule has 0 aromatic heterocycles. The van der Waals surface area contributed by atoms with Crippen LogP contribution in [0.15, 0.2) is 0 Å². The smallest absolute Gasteiger partial charge is 0.309 e. The number of esters is 1. The van der Waals surface area contributed by atoms with Crippen molar-refractivity contribution in [1.82, 2.24) is 0 Å². The quantitative estimate of drug-likeness (QED) is 0.682. The highest BCUT2D eigenvalue weighted by atomic mass is 16.5. The monoisotopic (exact) mass is 200 g/mol. The first-order valence-corrected chi connectivity index (χ1v) is 4.72. The lowest BCUT2D eigenvalue weighted by Gasteiger charge is -2.28. The Kier molecular flexibility index (Phi) is 2.83. The van der Waals surface area contributed by atoms with Crippen LogP contribution in [0.25, 0.3) is 0 Å². The number of carboxylic acid groups (broad SMARTS) is 1. The molecule has 1 N–H and O–H groups in total. The van der Waals surface area contributed by atoms with Crippen molar-refractivity contribution in [3.05, 3.63) is 0 Å². The van der Waals surface area contributed by atoms with Crippen molar-refractivity contribution in [1.29, 1.82) is 0 Å². The lowest BCUT2D eigenvalue weighted by Crippen LogP contribution is -2.34. The predicted molar refractivity (Wildman–Crippen MR) is 49.6 cm³/mol. The fourth-order valence-electron chi connectivity index (χ4n) is 2.33. The van der Waals surface area contributed by atoms with Crippen LogP contribution < -0.4 is 0 Å². The largest absolute Gasteiger partial charge is 0.481 e. The summed E-state index contributed by atoms with van der Waals surface area (Å²) in [5.74, 6) is -1.83. The minimum Gasteiger partial charge on any atom is -0.481 e. The summed E-state index contributed by atoms with van der Waals surface area (Å²) in [5.41, 5.74) is -0.501. The first-order valence-electron chi connectivity index (χ1n) is 4.72. The maximum Gasteiger partial charge on any atom is 0.309 e. The molecule has 0 spiro atoms. The van der Waals surface area contributed by atoms with Crippen LogP contribution in [0.3, 0.4) is 0 Å². The van der Waals surface area contributed by atoms with Gasteiger partial charge in [0.1, 0.15) is 0 Å². The third kappa shape index (κ3) is 1.61. The number of carbonyl (C=O) groups is 2. The van der Waals surface area contributed by atoms with E-state index < -0.39 is 17.3 Å². The van der Waals surface area contributed by atoms with Crippen molar-refractivity contribution < 1.29 is 19.4 Å². The predicted octanol–water partition coefficient (Wildman–Crippen LogP) is 1.30. The van der Waals surface area contributed by atoms with Crippen molar-refractivity contribution in [2.24, 2.45) is 17.3 Å². The van der Waals surface area contributed by atoms with E-state index in [9.17, 15) is 9.59 Å². The molecule has 0 unspecified atom stereocenters. The first kappa shape index (κ1) is 11.0. The second kappa shape index (κ2) is 3.59. The summed E-state index contributed by atoms with van der Waals surface area (Å²) in [5, 5.41) is 8.97. The number of carboxylic acids is 1. The van der Waals surface area contributed by atoms with Crippen molar-refractivity contribution in [3.63, 3.8) is 0 Å². The van der Waals surface area contributed by atoms with Crippen LogP contribution in [0.2, 0.25) is 0 Å². The Balaban J connectivity index is 2.86. The van der Waals surface area contributed by atoms with Crippen LogP contribution in [0, 0.1) is 17.3 Å². The standard InChI is InChI=1S/C10H16O4/c1-10(2)6(8(11)12)4-5-7(10)9(13)14-3/h6-7H,4-5H2,1-3H3,(H,11,12)/t6-,7-/m0/s1. The zero-order chi connectivity index (χ0) is 10.9. The molecular formula is C10H16O4. The van der Waals surface area contributed by atoms with Crippen LogP contribution in [0.5, 0.6) is 0 Å². The summed E-state index contributed by atoms with van der Waals surface area (Å²) < 4.78 is 4.67. The van der Waals surface area contributed by atoms with Gasteiger partial charge in [0.2, 0.25) is 0 Å². The van der Waals surface area contributed by atoms with Gasteiger partial charge in [-0.15, -0.1) is 0 Å². The highest BCUT2D eigenvalue weighted by molar-refractivity contribution is 5.78. The van der Waals surface area contributed by atoms with E-state index in [2.05, 4.69) is 4.74 Å². The van der Waals surface area contributed by atoms with E-state index >= 15 is 0 Å². The third-order valence-electron chi connectivity index (χ3n) is 3.32. The van der Waals surface area contributed by atoms with E-state index in [1.54, 1.807) is 0 Å². The molecule has 4 heteroatoms. The number of hydrogen-bond donors (Lipinski definition) is 1. The van der Waals surface area contributed by atoms with Crippen LogP contribution in [-0.4, -0.2) is 24.2 Å². The van der Waals surface area contributed by atoms with Crippen molar-refractivity contribution in [2.75, 3.05) is 7.11 Å². The Morgan fingerprint density at radius 2 is 1.79 bits per heavy atom. The second-order valence-corrected chi connectivity index (χ2v) is 4.37. The maximum atomic E-state index is 11.4. The van der Waals surface area contributed by atoms with Crippen molar-refractivity contribution in [2.45, 2.75) is 26.7 Å². The number of ether oxygens (including phenoxy) is 1. The normalized spacial score (nSPS) is 29.9. The Bertz CT molecular complexity index is 257. The summed E-state index contributed by atoms with van der Waals surface area (Å²) >= 11 is 0. The molecule has 0 amide bonds. The van der Waals surface area contributed by atoms with Crippen LogP contribution >= 0.6 is 0 Å². The van der Waals surface area contributed by atoms with Crippen LogP contribution in [0.4, 0.5) is 0 Å². The Labute approximate surface area is 83.2 Å². The van der Waals surface area contributed by atoms with Gasteiger partial charge in [-0.05, 0) is 18.3 Å². The molecule has 0 heterocycles. The highest BCUT2D eigenvalue weighted by Crippen LogP contribution is 2.47. The van der Waals surface area contributed by atoms with Gasteiger partial charge in [-0.1, -0.05) is 13.8 Å². The average Bonchev–Trinajstić information content (AvgIpc) is 2.39. The van der Waals surface area contributed by atoms with Crippen molar-refractivity contribution in [3.8, 4) is 0 Å². The number of aliphatic carboxylic acids is 1. The molecule has 1 saturated carbocycles.